The maximum absolute atomic E-state index is 11.8. The van der Waals surface area contributed by atoms with E-state index in [9.17, 15) is 4.21 Å². The minimum Gasteiger partial charge on any atom is -0.376 e. The van der Waals surface area contributed by atoms with Crippen LogP contribution in [0.1, 0.15) is 26.7 Å². The fraction of sp³-hybridized carbons (Fsp3) is 1.00. The fourth-order valence-electron chi connectivity index (χ4n) is 1.58. The third-order valence-electron chi connectivity index (χ3n) is 2.31. The molecular weight excluding hydrogens is 186 g/mol. The standard InChI is InChI=1S/C9H19NO2S/c1-8(2)12-9-4-6-13(11,10-3)7-5-9/h8-9H,4-7H2,1-3H3. The van der Waals surface area contributed by atoms with Crippen molar-refractivity contribution in [1.29, 1.82) is 0 Å². The van der Waals surface area contributed by atoms with Crippen molar-refractivity contribution in [2.45, 2.75) is 38.9 Å². The van der Waals surface area contributed by atoms with Gasteiger partial charge in [-0.1, -0.05) is 0 Å². The second-order valence-corrected chi connectivity index (χ2v) is 6.47. The first kappa shape index (κ1) is 11.0. The van der Waals surface area contributed by atoms with Crippen molar-refractivity contribution in [3.05, 3.63) is 0 Å². The molecule has 0 saturated carbocycles. The highest BCUT2D eigenvalue weighted by Gasteiger charge is 2.22. The molecule has 0 aromatic rings. The fourth-order valence-corrected chi connectivity index (χ4v) is 3.41. The first-order valence-corrected chi connectivity index (χ1v) is 6.67. The summed E-state index contributed by atoms with van der Waals surface area (Å²) in [6.07, 6.45) is 2.37. The molecule has 4 heteroatoms. The summed E-state index contributed by atoms with van der Waals surface area (Å²) in [6.45, 7) is 4.08. The van der Waals surface area contributed by atoms with Gasteiger partial charge in [0.1, 0.15) is 0 Å². The number of hydrogen-bond acceptors (Lipinski definition) is 3. The molecular formula is C9H19NO2S. The van der Waals surface area contributed by atoms with Crippen LogP contribution in [0.4, 0.5) is 0 Å². The quantitative estimate of drug-likeness (QED) is 0.688. The molecule has 1 saturated heterocycles. The zero-order valence-corrected chi connectivity index (χ0v) is 9.47. The van der Waals surface area contributed by atoms with Crippen LogP contribution in [0, 0.1) is 0 Å². The Morgan fingerprint density at radius 3 is 2.31 bits per heavy atom. The van der Waals surface area contributed by atoms with Crippen molar-refractivity contribution in [2.24, 2.45) is 4.36 Å². The third-order valence-corrected chi connectivity index (χ3v) is 4.73. The molecule has 0 spiro atoms. The zero-order valence-electron chi connectivity index (χ0n) is 8.66. The molecule has 13 heavy (non-hydrogen) atoms. The van der Waals surface area contributed by atoms with Crippen LogP contribution in [-0.2, 0) is 14.5 Å². The van der Waals surface area contributed by atoms with E-state index in [4.69, 9.17) is 4.74 Å². The summed E-state index contributed by atoms with van der Waals surface area (Å²) in [5, 5.41) is 0. The van der Waals surface area contributed by atoms with Crippen LogP contribution in [0.15, 0.2) is 4.36 Å². The van der Waals surface area contributed by atoms with Crippen molar-refractivity contribution in [1.82, 2.24) is 0 Å². The van der Waals surface area contributed by atoms with Crippen LogP contribution in [-0.4, -0.2) is 35.0 Å². The Labute approximate surface area is 81.0 Å². The lowest BCUT2D eigenvalue weighted by molar-refractivity contribution is 0.00336. The number of hydrogen-bond donors (Lipinski definition) is 0. The highest BCUT2D eigenvalue weighted by molar-refractivity contribution is 7.93. The molecule has 0 aliphatic carbocycles. The van der Waals surface area contributed by atoms with Crippen LogP contribution in [0.2, 0.25) is 0 Å². The average molecular weight is 205 g/mol. The molecule has 1 fully saturated rings. The summed E-state index contributed by atoms with van der Waals surface area (Å²) in [5.41, 5.74) is 0. The van der Waals surface area contributed by atoms with E-state index in [-0.39, 0.29) is 6.10 Å². The lowest BCUT2D eigenvalue weighted by Gasteiger charge is -2.26. The van der Waals surface area contributed by atoms with Gasteiger partial charge in [0.15, 0.2) is 0 Å². The summed E-state index contributed by atoms with van der Waals surface area (Å²) in [6, 6.07) is 0. The van der Waals surface area contributed by atoms with Gasteiger partial charge in [-0.25, -0.2) is 8.57 Å². The Morgan fingerprint density at radius 1 is 1.38 bits per heavy atom. The lowest BCUT2D eigenvalue weighted by Crippen LogP contribution is -2.30. The van der Waals surface area contributed by atoms with Crippen LogP contribution < -0.4 is 0 Å². The molecule has 1 aliphatic rings. The Hall–Kier alpha value is -0.0900. The largest absolute Gasteiger partial charge is 0.376 e. The first-order valence-electron chi connectivity index (χ1n) is 4.82. The highest BCUT2D eigenvalue weighted by atomic mass is 32.2. The lowest BCUT2D eigenvalue weighted by atomic mass is 10.2. The number of nitrogens with zero attached hydrogens (tertiary/aromatic N) is 1. The van der Waals surface area contributed by atoms with Gasteiger partial charge in [0.25, 0.3) is 0 Å². The van der Waals surface area contributed by atoms with Crippen molar-refractivity contribution >= 4 is 9.73 Å². The van der Waals surface area contributed by atoms with Gasteiger partial charge in [0, 0.05) is 28.3 Å². The van der Waals surface area contributed by atoms with Crippen molar-refractivity contribution in [3.63, 3.8) is 0 Å². The normalized spacial score (nSPS) is 34.9. The number of rotatable bonds is 2. The molecule has 0 N–H and O–H groups in total. The molecule has 0 atom stereocenters. The third kappa shape index (κ3) is 3.27. The van der Waals surface area contributed by atoms with E-state index >= 15 is 0 Å². The van der Waals surface area contributed by atoms with Crippen LogP contribution in [0.5, 0.6) is 0 Å². The Bertz CT molecular complexity index is 253. The molecule has 1 rings (SSSR count). The average Bonchev–Trinajstić information content (AvgIpc) is 2.09. The highest BCUT2D eigenvalue weighted by Crippen LogP contribution is 2.18. The van der Waals surface area contributed by atoms with E-state index in [1.54, 1.807) is 7.05 Å². The first-order chi connectivity index (χ1) is 6.06. The van der Waals surface area contributed by atoms with E-state index in [0.717, 1.165) is 12.8 Å². The van der Waals surface area contributed by atoms with Crippen molar-refractivity contribution in [2.75, 3.05) is 18.6 Å². The zero-order chi connectivity index (χ0) is 9.90. The van der Waals surface area contributed by atoms with Gasteiger partial charge in [0.05, 0.1) is 12.2 Å². The van der Waals surface area contributed by atoms with Gasteiger partial charge in [-0.05, 0) is 26.7 Å². The molecule has 3 nitrogen and oxygen atoms in total. The monoisotopic (exact) mass is 205 g/mol. The van der Waals surface area contributed by atoms with Crippen molar-refractivity contribution < 1.29 is 8.95 Å². The van der Waals surface area contributed by atoms with Crippen LogP contribution >= 0.6 is 0 Å². The van der Waals surface area contributed by atoms with E-state index < -0.39 is 9.73 Å². The smallest absolute Gasteiger partial charge is 0.0596 e. The van der Waals surface area contributed by atoms with Gasteiger partial charge in [-0.2, -0.15) is 0 Å². The predicted molar refractivity (Wildman–Crippen MR) is 55.5 cm³/mol. The Kier molecular flexibility index (Phi) is 3.74. The second-order valence-electron chi connectivity index (χ2n) is 3.75. The van der Waals surface area contributed by atoms with Crippen LogP contribution in [0.3, 0.4) is 0 Å². The SMILES string of the molecule is CN=S1(=O)CCC(OC(C)C)CC1. The van der Waals surface area contributed by atoms with E-state index in [0.29, 0.717) is 17.6 Å². The summed E-state index contributed by atoms with van der Waals surface area (Å²) in [4.78, 5) is 0. The molecule has 0 amide bonds. The molecule has 0 aromatic heterocycles. The molecule has 1 aliphatic heterocycles. The van der Waals surface area contributed by atoms with E-state index in [1.165, 1.54) is 0 Å². The second kappa shape index (κ2) is 4.42. The summed E-state index contributed by atoms with van der Waals surface area (Å²) >= 11 is 0. The van der Waals surface area contributed by atoms with E-state index in [1.807, 2.05) is 13.8 Å². The molecule has 0 unspecified atom stereocenters. The minimum atomic E-state index is -1.85. The topological polar surface area (TPSA) is 38.7 Å². The molecule has 1 heterocycles. The predicted octanol–water partition coefficient (Wildman–Crippen LogP) is 1.67. The minimum absolute atomic E-state index is 0.276. The summed E-state index contributed by atoms with van der Waals surface area (Å²) in [7, 11) is -0.193. The number of ether oxygens (including phenoxy) is 1. The van der Waals surface area contributed by atoms with E-state index in [2.05, 4.69) is 4.36 Å². The maximum atomic E-state index is 11.8. The van der Waals surface area contributed by atoms with Crippen LogP contribution in [0.25, 0.3) is 0 Å². The van der Waals surface area contributed by atoms with Gasteiger partial charge < -0.3 is 4.74 Å². The van der Waals surface area contributed by atoms with Gasteiger partial charge >= 0.3 is 0 Å². The summed E-state index contributed by atoms with van der Waals surface area (Å²) < 4.78 is 21.4. The maximum Gasteiger partial charge on any atom is 0.0596 e. The van der Waals surface area contributed by atoms with Gasteiger partial charge in [0.2, 0.25) is 0 Å². The van der Waals surface area contributed by atoms with Gasteiger partial charge in [-0.3, -0.25) is 0 Å². The molecule has 0 bridgehead atoms. The molecule has 78 valence electrons. The molecule has 0 aromatic carbocycles. The summed E-state index contributed by atoms with van der Waals surface area (Å²) in [5.74, 6) is 1.42. The Balaban J connectivity index is 2.44. The Morgan fingerprint density at radius 2 is 1.92 bits per heavy atom. The van der Waals surface area contributed by atoms with Crippen molar-refractivity contribution in [3.8, 4) is 0 Å². The molecule has 0 radical (unpaired) electrons. The van der Waals surface area contributed by atoms with Gasteiger partial charge in [-0.15, -0.1) is 0 Å².